The van der Waals surface area contributed by atoms with Gasteiger partial charge in [0, 0.05) is 0 Å². The van der Waals surface area contributed by atoms with Gasteiger partial charge >= 0.3 is 0 Å². The molecule has 6 nitrogen and oxygen atoms in total. The summed E-state index contributed by atoms with van der Waals surface area (Å²) in [6.45, 7) is 17.1. The molecule has 0 radical (unpaired) electrons. The molecule has 2 aromatic heterocycles. The summed E-state index contributed by atoms with van der Waals surface area (Å²) in [5.41, 5.74) is 8.28. The molecule has 0 aliphatic rings. The molecule has 0 fully saturated rings. The Morgan fingerprint density at radius 1 is 1.07 bits per heavy atom. The molecule has 0 atom stereocenters. The highest BCUT2D eigenvalue weighted by atomic mass is 35.5. The average molecular weight is 455 g/mol. The lowest BCUT2D eigenvalue weighted by Gasteiger charge is -1.94. The molecule has 0 aliphatic heterocycles. The number of pyridine rings is 2. The summed E-state index contributed by atoms with van der Waals surface area (Å²) < 4.78 is -0.0556. The predicted molar refractivity (Wildman–Crippen MR) is 127 cm³/mol. The van der Waals surface area contributed by atoms with Crippen LogP contribution in [-0.2, 0) is 0 Å². The third-order valence-corrected chi connectivity index (χ3v) is 2.59. The van der Waals surface area contributed by atoms with Crippen LogP contribution in [0.1, 0.15) is 26.0 Å². The van der Waals surface area contributed by atoms with Crippen LogP contribution in [0.15, 0.2) is 29.5 Å². The number of nitrogens with two attached hydrogens (primary N) is 1. The fourth-order valence-electron chi connectivity index (χ4n) is 1.49. The monoisotopic (exact) mass is 454 g/mol. The van der Waals surface area contributed by atoms with Crippen molar-refractivity contribution in [2.75, 3.05) is 5.73 Å². The van der Waals surface area contributed by atoms with Gasteiger partial charge in [-0.3, -0.25) is 0 Å². The van der Waals surface area contributed by atoms with Gasteiger partial charge in [-0.2, -0.15) is 4.99 Å². The molecule has 0 unspecified atom stereocenters. The van der Waals surface area contributed by atoms with Crippen molar-refractivity contribution in [2.24, 2.45) is 4.99 Å². The Kier molecular flexibility index (Phi) is 18.1. The van der Waals surface area contributed by atoms with Crippen molar-refractivity contribution >= 4 is 79.6 Å². The third kappa shape index (κ3) is 12.8. The number of nitrogens with zero attached hydrogens (tertiary/aromatic N) is 5. The van der Waals surface area contributed by atoms with E-state index in [-0.39, 0.29) is 18.6 Å². The van der Waals surface area contributed by atoms with E-state index in [4.69, 9.17) is 42.1 Å². The number of aromatic nitrogens is 2. The van der Waals surface area contributed by atoms with Crippen LogP contribution in [0, 0.1) is 27.0 Å². The topological polar surface area (TPSA) is 72.9 Å². The van der Waals surface area contributed by atoms with Crippen LogP contribution in [0.25, 0.3) is 9.69 Å². The van der Waals surface area contributed by atoms with E-state index in [0.29, 0.717) is 23.0 Å². The van der Waals surface area contributed by atoms with E-state index in [1.165, 1.54) is 12.4 Å². The fraction of sp³-hybridized carbons (Fsp3) is 0.222. The van der Waals surface area contributed by atoms with Crippen LogP contribution < -0.4 is 5.73 Å². The average Bonchev–Trinajstić information content (AvgIpc) is 2.55. The first-order valence-electron chi connectivity index (χ1n) is 6.61. The molecule has 0 aromatic carbocycles. The Morgan fingerprint density at radius 3 is 1.86 bits per heavy atom. The number of isothiocyanates is 1. The summed E-state index contributed by atoms with van der Waals surface area (Å²) in [7, 11) is 0. The number of nitrogen functional groups attached to an aromatic ring is 1. The maximum Gasteiger partial charge on any atom is 0.272 e. The Labute approximate surface area is 187 Å². The zero-order valence-corrected chi connectivity index (χ0v) is 16.8. The Hall–Kier alpha value is -2.45. The van der Waals surface area contributed by atoms with Gasteiger partial charge in [-0.15, -0.1) is 9.97 Å². The zero-order chi connectivity index (χ0) is 20.1. The van der Waals surface area contributed by atoms with E-state index in [9.17, 15) is 0 Å². The number of hydrogen-bond donors (Lipinski definition) is 1. The summed E-state index contributed by atoms with van der Waals surface area (Å²) in [5.74, 6) is 0.826. The molecular weight excluding hydrogens is 435 g/mol. The van der Waals surface area contributed by atoms with Crippen molar-refractivity contribution in [1.82, 2.24) is 9.97 Å². The van der Waals surface area contributed by atoms with Crippen molar-refractivity contribution < 1.29 is 0 Å². The van der Waals surface area contributed by atoms with E-state index < -0.39 is 0 Å². The molecule has 28 heavy (non-hydrogen) atoms. The fourth-order valence-corrected chi connectivity index (χ4v) is 1.60. The van der Waals surface area contributed by atoms with Gasteiger partial charge in [-0.1, -0.05) is 63.4 Å². The van der Waals surface area contributed by atoms with E-state index in [1.807, 2.05) is 13.8 Å². The number of aryl methyl sites for hydroxylation is 2. The van der Waals surface area contributed by atoms with E-state index in [0.717, 1.165) is 11.1 Å². The van der Waals surface area contributed by atoms with Crippen molar-refractivity contribution in [3.8, 4) is 0 Å². The number of thiocarbonyl (C=S) groups is 2. The summed E-state index contributed by atoms with van der Waals surface area (Å²) in [5, 5.41) is 2.24. The highest BCUT2D eigenvalue weighted by molar-refractivity contribution is 7.86. The maximum absolute atomic E-state index is 6.75. The molecule has 0 spiro atoms. The highest BCUT2D eigenvalue weighted by Crippen LogP contribution is 2.20. The van der Waals surface area contributed by atoms with E-state index in [1.54, 1.807) is 12.1 Å². The molecule has 10 heteroatoms. The largest absolute Gasteiger partial charge is 0.396 e. The molecule has 0 saturated heterocycles. The molecule has 2 aromatic rings. The van der Waals surface area contributed by atoms with Gasteiger partial charge in [0.25, 0.3) is 11.6 Å². The summed E-state index contributed by atoms with van der Waals surface area (Å²) in [6, 6.07) is 3.49. The van der Waals surface area contributed by atoms with Crippen LogP contribution in [0.2, 0.25) is 0 Å². The predicted octanol–water partition coefficient (Wildman–Crippen LogP) is 7.22. The third-order valence-electron chi connectivity index (χ3n) is 2.49. The molecular formula is C18H20Cl2N6S2. The van der Waals surface area contributed by atoms with Gasteiger partial charge in [-0.25, -0.2) is 0 Å². The zero-order valence-electron chi connectivity index (χ0n) is 13.7. The minimum atomic E-state index is -0.0556. The molecule has 2 heterocycles. The molecule has 2 rings (SSSR count). The molecule has 0 amide bonds. The lowest BCUT2D eigenvalue weighted by molar-refractivity contribution is 1.28. The lowest BCUT2D eigenvalue weighted by atomic mass is 10.3. The second kappa shape index (κ2) is 16.7. The quantitative estimate of drug-likeness (QED) is 0.213. The van der Waals surface area contributed by atoms with Crippen LogP contribution in [0.5, 0.6) is 0 Å². The van der Waals surface area contributed by atoms with E-state index >= 15 is 0 Å². The number of hydrogen-bond acceptors (Lipinski definition) is 6. The molecule has 0 bridgehead atoms. The van der Waals surface area contributed by atoms with Crippen LogP contribution in [-0.4, -0.2) is 18.9 Å². The molecule has 0 saturated carbocycles. The smallest absolute Gasteiger partial charge is 0.272 e. The highest BCUT2D eigenvalue weighted by Gasteiger charge is 2.00. The Balaban J connectivity index is -0.000000358. The van der Waals surface area contributed by atoms with Crippen molar-refractivity contribution in [3.63, 3.8) is 0 Å². The lowest BCUT2D eigenvalue weighted by Crippen LogP contribution is -1.86. The Bertz CT molecular complexity index is 909. The van der Waals surface area contributed by atoms with Gasteiger partial charge in [0.2, 0.25) is 0 Å². The number of anilines is 1. The van der Waals surface area contributed by atoms with Crippen LogP contribution >= 0.6 is 47.6 Å². The number of halogens is 2. The SMILES string of the molecule is C.C.S=C(Cl)Cl.[C-]#[N+]c1ncc(N)cc1C.[C-]#[N+]c1ncc(N=C=S)cc1C. The van der Waals surface area contributed by atoms with Gasteiger partial charge < -0.3 is 15.4 Å². The van der Waals surface area contributed by atoms with Gasteiger partial charge in [-0.05, 0) is 49.3 Å². The molecule has 148 valence electrons. The normalized spacial score (nSPS) is 7.64. The standard InChI is InChI=1S/C8H5N3S.C7H7N3.CCl2S.2CH4/c1-6-3-7(11-5-12)4-10-8(6)9-2;1-5-3-6(8)4-10-7(5)9-2;2-1(3)4;;/h3-4H,1H3;3-4H,8H2,1H3;;2*1H4. The number of rotatable bonds is 1. The Morgan fingerprint density at radius 2 is 1.50 bits per heavy atom. The van der Waals surface area contributed by atoms with Gasteiger partial charge in [0.1, 0.15) is 18.1 Å². The second-order valence-electron chi connectivity index (χ2n) is 4.40. The molecule has 0 aliphatic carbocycles. The minimum Gasteiger partial charge on any atom is -0.396 e. The van der Waals surface area contributed by atoms with E-state index in [2.05, 4.69) is 54.2 Å². The second-order valence-corrected chi connectivity index (χ2v) is 6.38. The van der Waals surface area contributed by atoms with Crippen LogP contribution in [0.4, 0.5) is 23.0 Å². The summed E-state index contributed by atoms with van der Waals surface area (Å²) >= 11 is 18.0. The van der Waals surface area contributed by atoms with Crippen molar-refractivity contribution in [1.29, 1.82) is 0 Å². The molecule has 2 N–H and O–H groups in total. The van der Waals surface area contributed by atoms with Gasteiger partial charge in [0.15, 0.2) is 3.78 Å². The first-order valence-corrected chi connectivity index (χ1v) is 8.18. The summed E-state index contributed by atoms with van der Waals surface area (Å²) in [4.78, 5) is 17.9. The maximum atomic E-state index is 6.75. The first-order chi connectivity index (χ1) is 12.2. The van der Waals surface area contributed by atoms with Crippen LogP contribution in [0.3, 0.4) is 0 Å². The van der Waals surface area contributed by atoms with Crippen molar-refractivity contribution in [3.05, 3.63) is 58.5 Å². The number of aliphatic imine (C=N–C) groups is 1. The minimum absolute atomic E-state index is 0. The first kappa shape index (κ1) is 30.3. The van der Waals surface area contributed by atoms with Crippen molar-refractivity contribution in [2.45, 2.75) is 28.7 Å². The van der Waals surface area contributed by atoms with Gasteiger partial charge in [0.05, 0.1) is 10.8 Å². The summed E-state index contributed by atoms with van der Waals surface area (Å²) in [6.07, 6.45) is 2.99.